The number of nitrogens with zero attached hydrogens (tertiary/aromatic N) is 1. The molecule has 3 amide bonds. The number of fused-ring (bicyclic) bond motifs is 2. The van der Waals surface area contributed by atoms with Gasteiger partial charge < -0.3 is 19.1 Å². The molecule has 8 nitrogen and oxygen atoms in total. The van der Waals surface area contributed by atoms with Crippen LogP contribution in [0.2, 0.25) is 0 Å². The first-order valence-corrected chi connectivity index (χ1v) is 10.3. The molecule has 0 aromatic heterocycles. The van der Waals surface area contributed by atoms with Gasteiger partial charge in [-0.1, -0.05) is 30.3 Å². The van der Waals surface area contributed by atoms with Crippen LogP contribution >= 0.6 is 0 Å². The summed E-state index contributed by atoms with van der Waals surface area (Å²) >= 11 is 0. The van der Waals surface area contributed by atoms with E-state index in [0.29, 0.717) is 49.8 Å². The highest BCUT2D eigenvalue weighted by atomic mass is 16.6. The Morgan fingerprint density at radius 2 is 1.94 bits per heavy atom. The number of ether oxygens (including phenoxy) is 3. The number of hydrogen-bond donors (Lipinski definition) is 1. The van der Waals surface area contributed by atoms with E-state index in [1.807, 2.05) is 30.3 Å². The number of piperidine rings is 1. The maximum absolute atomic E-state index is 12.9. The molecular weight excluding hydrogens is 400 g/mol. The van der Waals surface area contributed by atoms with Crippen LogP contribution in [-0.2, 0) is 27.5 Å². The number of amides is 3. The van der Waals surface area contributed by atoms with E-state index < -0.39 is 11.9 Å². The number of imide groups is 1. The predicted molar refractivity (Wildman–Crippen MR) is 108 cm³/mol. The SMILES string of the molecule is O=C1CCC(N2Cc3cc4c(cc3C2=O)OCC(COCc2ccccc2)O4)C(=O)N1. The van der Waals surface area contributed by atoms with E-state index in [9.17, 15) is 14.4 Å². The average Bonchev–Trinajstić information content (AvgIpc) is 3.08. The van der Waals surface area contributed by atoms with E-state index in [1.165, 1.54) is 4.90 Å². The van der Waals surface area contributed by atoms with Crippen LogP contribution in [0.15, 0.2) is 42.5 Å². The van der Waals surface area contributed by atoms with Crippen LogP contribution in [0.4, 0.5) is 0 Å². The van der Waals surface area contributed by atoms with Crippen LogP contribution in [0.3, 0.4) is 0 Å². The molecule has 160 valence electrons. The normalized spacial score (nSPS) is 22.3. The summed E-state index contributed by atoms with van der Waals surface area (Å²) in [5, 5.41) is 2.31. The van der Waals surface area contributed by atoms with Gasteiger partial charge in [-0.2, -0.15) is 0 Å². The van der Waals surface area contributed by atoms with Crippen LogP contribution in [0.1, 0.15) is 34.3 Å². The van der Waals surface area contributed by atoms with Crippen molar-refractivity contribution < 1.29 is 28.6 Å². The number of hydrogen-bond acceptors (Lipinski definition) is 6. The van der Waals surface area contributed by atoms with Crippen LogP contribution in [0, 0.1) is 0 Å². The number of rotatable bonds is 5. The fraction of sp³-hybridized carbons (Fsp3) is 0.348. The second-order valence-corrected chi connectivity index (χ2v) is 7.91. The molecule has 2 aromatic carbocycles. The Labute approximate surface area is 179 Å². The van der Waals surface area contributed by atoms with Crippen molar-refractivity contribution in [2.75, 3.05) is 13.2 Å². The minimum atomic E-state index is -0.643. The Kier molecular flexibility index (Phi) is 5.07. The van der Waals surface area contributed by atoms with Gasteiger partial charge in [0.05, 0.1) is 13.2 Å². The van der Waals surface area contributed by atoms with Gasteiger partial charge in [0.2, 0.25) is 11.8 Å². The Morgan fingerprint density at radius 3 is 2.74 bits per heavy atom. The van der Waals surface area contributed by atoms with Crippen molar-refractivity contribution in [1.29, 1.82) is 0 Å². The Balaban J connectivity index is 1.25. The summed E-state index contributed by atoms with van der Waals surface area (Å²) in [4.78, 5) is 38.0. The lowest BCUT2D eigenvalue weighted by Crippen LogP contribution is -2.52. The number of carbonyl (C=O) groups excluding carboxylic acids is 3. The van der Waals surface area contributed by atoms with Crippen LogP contribution in [0.25, 0.3) is 0 Å². The molecule has 2 unspecified atom stereocenters. The molecule has 3 aliphatic heterocycles. The van der Waals surface area contributed by atoms with Crippen LogP contribution in [0.5, 0.6) is 11.5 Å². The summed E-state index contributed by atoms with van der Waals surface area (Å²) in [6.45, 7) is 1.50. The molecule has 1 N–H and O–H groups in total. The maximum Gasteiger partial charge on any atom is 0.255 e. The lowest BCUT2D eigenvalue weighted by Gasteiger charge is -2.29. The van der Waals surface area contributed by atoms with Crippen molar-refractivity contribution in [2.24, 2.45) is 0 Å². The van der Waals surface area contributed by atoms with Gasteiger partial charge in [-0.05, 0) is 29.7 Å². The van der Waals surface area contributed by atoms with Gasteiger partial charge in [0.25, 0.3) is 5.91 Å². The van der Waals surface area contributed by atoms with Crippen molar-refractivity contribution >= 4 is 17.7 Å². The molecule has 31 heavy (non-hydrogen) atoms. The average molecular weight is 422 g/mol. The molecule has 2 atom stereocenters. The second kappa shape index (κ2) is 8.03. The zero-order valence-corrected chi connectivity index (χ0v) is 16.8. The molecule has 0 bridgehead atoms. The molecule has 0 saturated carbocycles. The first kappa shape index (κ1) is 19.6. The molecule has 3 heterocycles. The summed E-state index contributed by atoms with van der Waals surface area (Å²) in [7, 11) is 0. The van der Waals surface area contributed by atoms with Crippen molar-refractivity contribution in [3.05, 3.63) is 59.2 Å². The van der Waals surface area contributed by atoms with Gasteiger partial charge in [-0.3, -0.25) is 19.7 Å². The third kappa shape index (κ3) is 3.86. The largest absolute Gasteiger partial charge is 0.486 e. The smallest absolute Gasteiger partial charge is 0.255 e. The molecule has 5 rings (SSSR count). The third-order valence-corrected chi connectivity index (χ3v) is 5.72. The van der Waals surface area contributed by atoms with Gasteiger partial charge in [0, 0.05) is 18.5 Å². The molecule has 0 spiro atoms. The molecule has 0 aliphatic carbocycles. The maximum atomic E-state index is 12.9. The fourth-order valence-electron chi connectivity index (χ4n) is 4.14. The summed E-state index contributed by atoms with van der Waals surface area (Å²) in [5.41, 5.74) is 2.37. The van der Waals surface area contributed by atoms with Gasteiger partial charge in [-0.15, -0.1) is 0 Å². The molecular formula is C23H22N2O6. The van der Waals surface area contributed by atoms with Gasteiger partial charge >= 0.3 is 0 Å². The fourth-order valence-corrected chi connectivity index (χ4v) is 4.14. The van der Waals surface area contributed by atoms with Crippen molar-refractivity contribution in [2.45, 2.75) is 38.1 Å². The number of benzene rings is 2. The van der Waals surface area contributed by atoms with E-state index in [1.54, 1.807) is 12.1 Å². The van der Waals surface area contributed by atoms with E-state index in [4.69, 9.17) is 14.2 Å². The highest BCUT2D eigenvalue weighted by molar-refractivity contribution is 6.05. The highest BCUT2D eigenvalue weighted by Crippen LogP contribution is 2.39. The minimum absolute atomic E-state index is 0.226. The molecule has 0 radical (unpaired) electrons. The molecule has 1 fully saturated rings. The molecule has 3 aliphatic rings. The van der Waals surface area contributed by atoms with E-state index >= 15 is 0 Å². The molecule has 1 saturated heterocycles. The topological polar surface area (TPSA) is 94.2 Å². The predicted octanol–water partition coefficient (Wildman–Crippen LogP) is 1.80. The van der Waals surface area contributed by atoms with E-state index in [-0.39, 0.29) is 24.3 Å². The Hall–Kier alpha value is -3.39. The van der Waals surface area contributed by atoms with E-state index in [0.717, 1.165) is 11.1 Å². The summed E-state index contributed by atoms with van der Waals surface area (Å²) in [6.07, 6.45) is 0.305. The number of nitrogens with one attached hydrogen (secondary N) is 1. The minimum Gasteiger partial charge on any atom is -0.486 e. The molecule has 2 aromatic rings. The quantitative estimate of drug-likeness (QED) is 0.739. The third-order valence-electron chi connectivity index (χ3n) is 5.72. The van der Waals surface area contributed by atoms with Gasteiger partial charge in [0.1, 0.15) is 12.6 Å². The van der Waals surface area contributed by atoms with Crippen LogP contribution in [-0.4, -0.2) is 48.0 Å². The highest BCUT2D eigenvalue weighted by Gasteiger charge is 2.40. The van der Waals surface area contributed by atoms with Crippen molar-refractivity contribution in [1.82, 2.24) is 10.2 Å². The monoisotopic (exact) mass is 422 g/mol. The summed E-state index contributed by atoms with van der Waals surface area (Å²) in [5.74, 6) is 0.116. The lowest BCUT2D eigenvalue weighted by molar-refractivity contribution is -0.136. The van der Waals surface area contributed by atoms with Crippen molar-refractivity contribution in [3.63, 3.8) is 0 Å². The zero-order chi connectivity index (χ0) is 21.4. The first-order chi connectivity index (χ1) is 15.1. The zero-order valence-electron chi connectivity index (χ0n) is 16.8. The summed E-state index contributed by atoms with van der Waals surface area (Å²) < 4.78 is 17.6. The Morgan fingerprint density at radius 1 is 1.10 bits per heavy atom. The second-order valence-electron chi connectivity index (χ2n) is 7.91. The Bertz CT molecular complexity index is 1040. The summed E-state index contributed by atoms with van der Waals surface area (Å²) in [6, 6.07) is 12.7. The standard InChI is InChI=1S/C23H22N2O6/c26-21-7-6-18(22(27)24-21)25-10-15-8-20-19(9-17(15)23(25)28)30-13-16(31-20)12-29-11-14-4-2-1-3-5-14/h1-5,8-9,16,18H,6-7,10-13H2,(H,24,26,27). The van der Waals surface area contributed by atoms with Crippen LogP contribution < -0.4 is 14.8 Å². The van der Waals surface area contributed by atoms with Gasteiger partial charge in [0.15, 0.2) is 17.6 Å². The van der Waals surface area contributed by atoms with Crippen molar-refractivity contribution in [3.8, 4) is 11.5 Å². The first-order valence-electron chi connectivity index (χ1n) is 10.3. The lowest BCUT2D eigenvalue weighted by atomic mass is 10.0. The number of carbonyl (C=O) groups is 3. The molecule has 8 heteroatoms. The van der Waals surface area contributed by atoms with Gasteiger partial charge in [-0.25, -0.2) is 0 Å². The van der Waals surface area contributed by atoms with E-state index in [2.05, 4.69) is 5.32 Å².